The summed E-state index contributed by atoms with van der Waals surface area (Å²) < 4.78 is 4.61. The molecule has 0 saturated carbocycles. The molecule has 1 rings (SSSR count). The number of phenolic OH excluding ortho intramolecular Hbond substituents is 1. The van der Waals surface area contributed by atoms with E-state index >= 15 is 0 Å². The minimum Gasteiger partial charge on any atom is -0.508 e. The number of phenols is 1. The zero-order chi connectivity index (χ0) is 14.3. The molecule has 0 saturated heterocycles. The first-order chi connectivity index (χ1) is 9.02. The number of hydrogen-bond donors (Lipinski definition) is 3. The van der Waals surface area contributed by atoms with E-state index in [1.54, 1.807) is 24.3 Å². The van der Waals surface area contributed by atoms with Crippen LogP contribution in [0, 0.1) is 0 Å². The van der Waals surface area contributed by atoms with Crippen LogP contribution in [0.2, 0.25) is 0 Å². The molecule has 0 heterocycles. The SMILES string of the molecule is COC(=O)C(CNCc1ccc(O)cc1)NC(C)=O. The lowest BCUT2D eigenvalue weighted by molar-refractivity contribution is -0.144. The van der Waals surface area contributed by atoms with Crippen molar-refractivity contribution in [2.75, 3.05) is 13.7 Å². The Morgan fingerprint density at radius 2 is 1.95 bits per heavy atom. The Morgan fingerprint density at radius 1 is 1.32 bits per heavy atom. The predicted octanol–water partition coefficient (Wildman–Crippen LogP) is 0.159. The third-order valence-electron chi connectivity index (χ3n) is 2.48. The van der Waals surface area contributed by atoms with Crippen molar-refractivity contribution < 1.29 is 19.4 Å². The second-order valence-corrected chi connectivity index (χ2v) is 4.07. The van der Waals surface area contributed by atoms with Crippen molar-refractivity contribution >= 4 is 11.9 Å². The molecular weight excluding hydrogens is 248 g/mol. The largest absolute Gasteiger partial charge is 0.508 e. The molecule has 1 aromatic rings. The molecule has 0 fully saturated rings. The maximum Gasteiger partial charge on any atom is 0.329 e. The van der Waals surface area contributed by atoms with Gasteiger partial charge in [-0.3, -0.25) is 4.79 Å². The Kier molecular flexibility index (Phi) is 5.81. The highest BCUT2D eigenvalue weighted by molar-refractivity contribution is 5.83. The molecule has 0 aliphatic rings. The first kappa shape index (κ1) is 15.0. The maximum absolute atomic E-state index is 11.4. The monoisotopic (exact) mass is 266 g/mol. The van der Waals surface area contributed by atoms with Gasteiger partial charge in [-0.05, 0) is 17.7 Å². The van der Waals surface area contributed by atoms with Gasteiger partial charge in [-0.15, -0.1) is 0 Å². The van der Waals surface area contributed by atoms with Gasteiger partial charge < -0.3 is 20.5 Å². The summed E-state index contributed by atoms with van der Waals surface area (Å²) in [6, 6.07) is 6.01. The van der Waals surface area contributed by atoms with Crippen LogP contribution in [0.4, 0.5) is 0 Å². The number of rotatable bonds is 6. The molecule has 6 nitrogen and oxygen atoms in total. The second-order valence-electron chi connectivity index (χ2n) is 4.07. The summed E-state index contributed by atoms with van der Waals surface area (Å²) in [7, 11) is 1.27. The van der Waals surface area contributed by atoms with Gasteiger partial charge in [0.25, 0.3) is 0 Å². The molecule has 1 aromatic carbocycles. The fourth-order valence-electron chi connectivity index (χ4n) is 1.56. The van der Waals surface area contributed by atoms with Crippen LogP contribution in [0.3, 0.4) is 0 Å². The number of aromatic hydroxyl groups is 1. The van der Waals surface area contributed by atoms with Crippen molar-refractivity contribution in [3.63, 3.8) is 0 Å². The molecular formula is C13H18N2O4. The standard InChI is InChI=1S/C13H18N2O4/c1-9(16)15-12(13(18)19-2)8-14-7-10-3-5-11(17)6-4-10/h3-6,12,14,17H,7-8H2,1-2H3,(H,15,16). The molecule has 3 N–H and O–H groups in total. The van der Waals surface area contributed by atoms with Crippen molar-refractivity contribution in [2.45, 2.75) is 19.5 Å². The number of amides is 1. The van der Waals surface area contributed by atoms with Gasteiger partial charge in [0.15, 0.2) is 0 Å². The highest BCUT2D eigenvalue weighted by Crippen LogP contribution is 2.09. The molecule has 104 valence electrons. The molecule has 0 aliphatic carbocycles. The summed E-state index contributed by atoms with van der Waals surface area (Å²) in [5.41, 5.74) is 0.962. The van der Waals surface area contributed by atoms with Crippen LogP contribution in [0.5, 0.6) is 5.75 Å². The Balaban J connectivity index is 2.45. The van der Waals surface area contributed by atoms with Gasteiger partial charge in [0, 0.05) is 20.0 Å². The van der Waals surface area contributed by atoms with Gasteiger partial charge in [-0.1, -0.05) is 12.1 Å². The van der Waals surface area contributed by atoms with E-state index in [0.29, 0.717) is 6.54 Å². The Labute approximate surface area is 111 Å². The summed E-state index contributed by atoms with van der Waals surface area (Å²) in [6.45, 7) is 2.14. The van der Waals surface area contributed by atoms with Crippen LogP contribution >= 0.6 is 0 Å². The van der Waals surface area contributed by atoms with Crippen molar-refractivity contribution in [1.29, 1.82) is 0 Å². The number of carbonyl (C=O) groups is 2. The minimum atomic E-state index is -0.709. The van der Waals surface area contributed by atoms with Crippen molar-refractivity contribution in [3.8, 4) is 5.75 Å². The zero-order valence-corrected chi connectivity index (χ0v) is 11.0. The number of ether oxygens (including phenoxy) is 1. The summed E-state index contributed by atoms with van der Waals surface area (Å²) in [4.78, 5) is 22.4. The van der Waals surface area contributed by atoms with Gasteiger partial charge >= 0.3 is 5.97 Å². The van der Waals surface area contributed by atoms with Crippen molar-refractivity contribution in [3.05, 3.63) is 29.8 Å². The van der Waals surface area contributed by atoms with Gasteiger partial charge in [-0.25, -0.2) is 4.79 Å². The predicted molar refractivity (Wildman–Crippen MR) is 69.4 cm³/mol. The molecule has 6 heteroatoms. The molecule has 0 spiro atoms. The van der Waals surface area contributed by atoms with Gasteiger partial charge in [0.1, 0.15) is 11.8 Å². The van der Waals surface area contributed by atoms with E-state index in [1.165, 1.54) is 14.0 Å². The van der Waals surface area contributed by atoms with Crippen molar-refractivity contribution in [1.82, 2.24) is 10.6 Å². The third-order valence-corrected chi connectivity index (χ3v) is 2.48. The average Bonchev–Trinajstić information content (AvgIpc) is 2.38. The normalized spacial score (nSPS) is 11.7. The molecule has 1 amide bonds. The molecule has 1 unspecified atom stereocenters. The number of hydrogen-bond acceptors (Lipinski definition) is 5. The lowest BCUT2D eigenvalue weighted by Crippen LogP contribution is -2.46. The molecule has 0 aromatic heterocycles. The number of methoxy groups -OCH3 is 1. The molecule has 0 aliphatic heterocycles. The number of benzene rings is 1. The van der Waals surface area contributed by atoms with Gasteiger partial charge in [0.2, 0.25) is 5.91 Å². The van der Waals surface area contributed by atoms with Crippen LogP contribution in [0.15, 0.2) is 24.3 Å². The fourth-order valence-corrected chi connectivity index (χ4v) is 1.56. The topological polar surface area (TPSA) is 87.7 Å². The quantitative estimate of drug-likeness (QED) is 0.638. The van der Waals surface area contributed by atoms with E-state index in [-0.39, 0.29) is 18.2 Å². The van der Waals surface area contributed by atoms with E-state index in [0.717, 1.165) is 5.56 Å². The van der Waals surface area contributed by atoms with Crippen molar-refractivity contribution in [2.24, 2.45) is 0 Å². The van der Waals surface area contributed by atoms with E-state index in [4.69, 9.17) is 5.11 Å². The number of nitrogens with one attached hydrogen (secondary N) is 2. The fraction of sp³-hybridized carbons (Fsp3) is 0.385. The van der Waals surface area contributed by atoms with Gasteiger partial charge in [0.05, 0.1) is 7.11 Å². The van der Waals surface area contributed by atoms with E-state index in [9.17, 15) is 9.59 Å². The van der Waals surface area contributed by atoms with E-state index in [2.05, 4.69) is 15.4 Å². The van der Waals surface area contributed by atoms with Crippen LogP contribution in [0.1, 0.15) is 12.5 Å². The van der Waals surface area contributed by atoms with Crippen LogP contribution in [0.25, 0.3) is 0 Å². The third kappa shape index (κ3) is 5.39. The first-order valence-corrected chi connectivity index (χ1v) is 5.86. The lowest BCUT2D eigenvalue weighted by Gasteiger charge is -2.16. The molecule has 19 heavy (non-hydrogen) atoms. The summed E-state index contributed by atoms with van der Waals surface area (Å²) in [5, 5.41) is 14.7. The lowest BCUT2D eigenvalue weighted by atomic mass is 10.2. The number of esters is 1. The first-order valence-electron chi connectivity index (χ1n) is 5.86. The van der Waals surface area contributed by atoms with Gasteiger partial charge in [-0.2, -0.15) is 0 Å². The highest BCUT2D eigenvalue weighted by atomic mass is 16.5. The maximum atomic E-state index is 11.4. The second kappa shape index (κ2) is 7.38. The molecule has 0 radical (unpaired) electrons. The average molecular weight is 266 g/mol. The minimum absolute atomic E-state index is 0.203. The highest BCUT2D eigenvalue weighted by Gasteiger charge is 2.19. The zero-order valence-electron chi connectivity index (χ0n) is 11.0. The Bertz CT molecular complexity index is 431. The van der Waals surface area contributed by atoms with E-state index < -0.39 is 12.0 Å². The molecule has 0 bridgehead atoms. The Hall–Kier alpha value is -2.08. The smallest absolute Gasteiger partial charge is 0.329 e. The number of carbonyl (C=O) groups excluding carboxylic acids is 2. The van der Waals surface area contributed by atoms with Crippen LogP contribution in [-0.4, -0.2) is 36.7 Å². The van der Waals surface area contributed by atoms with E-state index in [1.807, 2.05) is 0 Å². The van der Waals surface area contributed by atoms with Crippen LogP contribution < -0.4 is 10.6 Å². The van der Waals surface area contributed by atoms with Crippen LogP contribution in [-0.2, 0) is 20.9 Å². The summed E-state index contributed by atoms with van der Waals surface area (Å²) >= 11 is 0. The Morgan fingerprint density at radius 3 is 2.47 bits per heavy atom. The summed E-state index contributed by atoms with van der Waals surface area (Å²) in [6.07, 6.45) is 0. The molecule has 1 atom stereocenters. The summed E-state index contributed by atoms with van der Waals surface area (Å²) in [5.74, 6) is -0.579.